The third-order valence-corrected chi connectivity index (χ3v) is 8.74. The number of benzene rings is 4. The second-order valence-corrected chi connectivity index (χ2v) is 11.9. The van der Waals surface area contributed by atoms with Gasteiger partial charge in [0, 0.05) is 5.69 Å². The number of thiazole rings is 1. The molecule has 0 saturated carbocycles. The van der Waals surface area contributed by atoms with E-state index in [4.69, 9.17) is 4.74 Å². The van der Waals surface area contributed by atoms with Crippen LogP contribution < -0.4 is 20.1 Å². The van der Waals surface area contributed by atoms with Crippen LogP contribution in [0.4, 0.5) is 15.6 Å². The first kappa shape index (κ1) is 28.7. The number of aliphatic carboxylic acids is 1. The van der Waals surface area contributed by atoms with Gasteiger partial charge in [-0.3, -0.25) is 10.1 Å². The molecule has 4 aromatic carbocycles. The molecule has 1 atom stereocenters. The fourth-order valence-electron chi connectivity index (χ4n) is 4.37. The van der Waals surface area contributed by atoms with E-state index < -0.39 is 34.5 Å². The maximum absolute atomic E-state index is 13.6. The number of para-hydroxylation sites is 1. The zero-order valence-electron chi connectivity index (χ0n) is 22.3. The molecular weight excluding hydrogens is 576 g/mol. The Morgan fingerprint density at radius 3 is 2.38 bits per heavy atom. The Kier molecular flexibility index (Phi) is 8.48. The Labute approximate surface area is 246 Å². The molecule has 5 aromatic rings. The highest BCUT2D eigenvalue weighted by atomic mass is 32.2. The highest BCUT2D eigenvalue weighted by molar-refractivity contribution is 7.89. The van der Waals surface area contributed by atoms with E-state index in [2.05, 4.69) is 20.3 Å². The Hall–Kier alpha value is -4.78. The van der Waals surface area contributed by atoms with Crippen LogP contribution >= 0.6 is 11.3 Å². The SMILES string of the molecule is COc1ccc(-c2cccc(NC(=O)Nc3nc4ccccc4s3)c2)cc1S(=O)(=O)N[C@H](CC(=O)O)c1ccccc1. The number of carbonyl (C=O) groups is 2. The molecule has 214 valence electrons. The van der Waals surface area contributed by atoms with E-state index in [1.165, 1.54) is 30.6 Å². The largest absolute Gasteiger partial charge is 0.495 e. The van der Waals surface area contributed by atoms with Crippen LogP contribution in [0.5, 0.6) is 5.75 Å². The predicted molar refractivity (Wildman–Crippen MR) is 162 cm³/mol. The minimum absolute atomic E-state index is 0.0953. The maximum Gasteiger partial charge on any atom is 0.325 e. The Morgan fingerprint density at radius 2 is 1.64 bits per heavy atom. The van der Waals surface area contributed by atoms with Gasteiger partial charge in [-0.15, -0.1) is 0 Å². The number of sulfonamides is 1. The van der Waals surface area contributed by atoms with Gasteiger partial charge in [-0.05, 0) is 53.1 Å². The number of nitrogens with one attached hydrogen (secondary N) is 3. The van der Waals surface area contributed by atoms with Crippen molar-refractivity contribution in [3.63, 3.8) is 0 Å². The average molecular weight is 603 g/mol. The van der Waals surface area contributed by atoms with Crippen molar-refractivity contribution in [2.75, 3.05) is 17.7 Å². The lowest BCUT2D eigenvalue weighted by Gasteiger charge is -2.19. The number of nitrogens with zero attached hydrogens (tertiary/aromatic N) is 1. The summed E-state index contributed by atoms with van der Waals surface area (Å²) >= 11 is 1.36. The van der Waals surface area contributed by atoms with Crippen LogP contribution in [-0.2, 0) is 14.8 Å². The van der Waals surface area contributed by atoms with E-state index in [1.807, 2.05) is 24.3 Å². The summed E-state index contributed by atoms with van der Waals surface area (Å²) in [5, 5.41) is 15.4. The average Bonchev–Trinajstić information content (AvgIpc) is 3.39. The molecule has 4 N–H and O–H groups in total. The van der Waals surface area contributed by atoms with Gasteiger partial charge in [0.15, 0.2) is 5.13 Å². The second-order valence-electron chi connectivity index (χ2n) is 9.19. The van der Waals surface area contributed by atoms with Gasteiger partial charge in [-0.1, -0.05) is 72.0 Å². The van der Waals surface area contributed by atoms with Crippen molar-refractivity contribution in [3.05, 3.63) is 103 Å². The third-order valence-electron chi connectivity index (χ3n) is 6.30. The molecular formula is C30H26N4O6S2. The molecule has 12 heteroatoms. The number of rotatable bonds is 10. The molecule has 0 aliphatic rings. The number of urea groups is 1. The summed E-state index contributed by atoms with van der Waals surface area (Å²) in [4.78, 5) is 28.4. The summed E-state index contributed by atoms with van der Waals surface area (Å²) < 4.78 is 35.9. The number of amides is 2. The molecule has 5 rings (SSSR count). The van der Waals surface area contributed by atoms with Gasteiger partial charge < -0.3 is 15.2 Å². The van der Waals surface area contributed by atoms with Gasteiger partial charge in [-0.2, -0.15) is 0 Å². The van der Waals surface area contributed by atoms with Crippen LogP contribution in [0.2, 0.25) is 0 Å². The molecule has 42 heavy (non-hydrogen) atoms. The molecule has 2 amide bonds. The molecule has 1 aromatic heterocycles. The number of hydrogen-bond donors (Lipinski definition) is 4. The van der Waals surface area contributed by atoms with Gasteiger partial charge in [-0.25, -0.2) is 22.9 Å². The fraction of sp³-hybridized carbons (Fsp3) is 0.100. The minimum atomic E-state index is -4.23. The molecule has 0 aliphatic carbocycles. The number of ether oxygens (including phenoxy) is 1. The van der Waals surface area contributed by atoms with Crippen molar-refractivity contribution in [1.29, 1.82) is 0 Å². The first-order valence-electron chi connectivity index (χ1n) is 12.7. The molecule has 0 bridgehead atoms. The van der Waals surface area contributed by atoms with Crippen molar-refractivity contribution in [1.82, 2.24) is 9.71 Å². The predicted octanol–water partition coefficient (Wildman–Crippen LogP) is 6.11. The first-order chi connectivity index (χ1) is 20.2. The lowest BCUT2D eigenvalue weighted by Crippen LogP contribution is -2.30. The number of anilines is 2. The lowest BCUT2D eigenvalue weighted by molar-refractivity contribution is -0.137. The molecule has 10 nitrogen and oxygen atoms in total. The molecule has 0 aliphatic heterocycles. The molecule has 0 radical (unpaired) electrons. The maximum atomic E-state index is 13.6. The van der Waals surface area contributed by atoms with E-state index >= 15 is 0 Å². The monoisotopic (exact) mass is 602 g/mol. The van der Waals surface area contributed by atoms with E-state index in [0.29, 0.717) is 27.5 Å². The van der Waals surface area contributed by atoms with Gasteiger partial charge in [0.25, 0.3) is 0 Å². The van der Waals surface area contributed by atoms with Crippen molar-refractivity contribution >= 4 is 54.4 Å². The topological polar surface area (TPSA) is 147 Å². The van der Waals surface area contributed by atoms with Gasteiger partial charge >= 0.3 is 12.0 Å². The normalized spacial score (nSPS) is 12.0. The number of aromatic nitrogens is 1. The number of carbonyl (C=O) groups excluding carboxylic acids is 1. The molecule has 0 saturated heterocycles. The van der Waals surface area contributed by atoms with Crippen LogP contribution in [0.15, 0.2) is 102 Å². The summed E-state index contributed by atoms with van der Waals surface area (Å²) in [5.41, 5.74) is 2.96. The smallest absolute Gasteiger partial charge is 0.325 e. The lowest BCUT2D eigenvalue weighted by atomic mass is 10.0. The number of methoxy groups -OCH3 is 1. The minimum Gasteiger partial charge on any atom is -0.495 e. The van der Waals surface area contributed by atoms with Gasteiger partial charge in [0.2, 0.25) is 10.0 Å². The van der Waals surface area contributed by atoms with E-state index in [0.717, 1.165) is 10.2 Å². The van der Waals surface area contributed by atoms with Crippen molar-refractivity contribution < 1.29 is 27.9 Å². The molecule has 0 fully saturated rings. The molecule has 0 spiro atoms. The highest BCUT2D eigenvalue weighted by Crippen LogP contribution is 2.32. The van der Waals surface area contributed by atoms with Gasteiger partial charge in [0.05, 0.1) is 29.8 Å². The zero-order valence-corrected chi connectivity index (χ0v) is 23.9. The summed E-state index contributed by atoms with van der Waals surface area (Å²) in [7, 11) is -2.87. The Bertz CT molecular complexity index is 1830. The zero-order chi connectivity index (χ0) is 29.7. The van der Waals surface area contributed by atoms with E-state index in [1.54, 1.807) is 60.7 Å². The Morgan fingerprint density at radius 1 is 0.905 bits per heavy atom. The molecule has 0 unspecified atom stereocenters. The standard InChI is InChI=1S/C30H26N4O6S2/c1-40-25-15-14-21(17-27(25)42(38,39)34-24(18-28(35)36)19-8-3-2-4-9-19)20-10-7-11-22(16-20)31-29(37)33-30-32-23-12-5-6-13-26(23)41-30/h2-17,24,34H,18H2,1H3,(H,35,36)(H2,31,32,33,37)/t24-/m1/s1. The first-order valence-corrected chi connectivity index (χ1v) is 15.0. The summed E-state index contributed by atoms with van der Waals surface area (Å²) in [6.07, 6.45) is -0.446. The van der Waals surface area contributed by atoms with Crippen molar-refractivity contribution in [2.45, 2.75) is 17.4 Å². The number of carboxylic acid groups (broad SMARTS) is 1. The number of carboxylic acids is 1. The van der Waals surface area contributed by atoms with E-state index in [-0.39, 0.29) is 10.6 Å². The van der Waals surface area contributed by atoms with Crippen LogP contribution in [0.25, 0.3) is 21.3 Å². The summed E-state index contributed by atoms with van der Waals surface area (Å²) in [6.45, 7) is 0. The van der Waals surface area contributed by atoms with Crippen LogP contribution in [0.1, 0.15) is 18.0 Å². The summed E-state index contributed by atoms with van der Waals surface area (Å²) in [6, 6.07) is 26.2. The third kappa shape index (κ3) is 6.74. The van der Waals surface area contributed by atoms with Crippen molar-refractivity contribution in [2.24, 2.45) is 0 Å². The number of fused-ring (bicyclic) bond motifs is 1. The van der Waals surface area contributed by atoms with Crippen molar-refractivity contribution in [3.8, 4) is 16.9 Å². The second kappa shape index (κ2) is 12.4. The Balaban J connectivity index is 1.38. The summed E-state index contributed by atoms with van der Waals surface area (Å²) in [5.74, 6) is -1.05. The van der Waals surface area contributed by atoms with Crippen LogP contribution in [-0.4, -0.2) is 37.6 Å². The fourth-order valence-corrected chi connectivity index (χ4v) is 6.65. The quantitative estimate of drug-likeness (QED) is 0.151. The highest BCUT2D eigenvalue weighted by Gasteiger charge is 2.27. The molecule has 1 heterocycles. The van der Waals surface area contributed by atoms with Crippen LogP contribution in [0, 0.1) is 0 Å². The van der Waals surface area contributed by atoms with Gasteiger partial charge in [0.1, 0.15) is 10.6 Å². The van der Waals surface area contributed by atoms with Crippen LogP contribution in [0.3, 0.4) is 0 Å². The van der Waals surface area contributed by atoms with E-state index in [9.17, 15) is 23.1 Å². The number of hydrogen-bond acceptors (Lipinski definition) is 7.